The molecule has 0 atom stereocenters. The quantitative estimate of drug-likeness (QED) is 0.447. The molecular weight excluding hydrogens is 277 g/mol. The van der Waals surface area contributed by atoms with Crippen molar-refractivity contribution in [2.45, 2.75) is 0 Å². The zero-order valence-corrected chi connectivity index (χ0v) is 8.93. The van der Waals surface area contributed by atoms with Gasteiger partial charge in [-0.25, -0.2) is 0 Å². The van der Waals surface area contributed by atoms with Gasteiger partial charge in [0.2, 0.25) is 0 Å². The molecule has 0 radical (unpaired) electrons. The van der Waals surface area contributed by atoms with E-state index in [1.807, 2.05) is 0 Å². The van der Waals surface area contributed by atoms with Crippen LogP contribution in [0, 0.1) is 0 Å². The monoisotopic (exact) mass is 278 g/mol. The van der Waals surface area contributed by atoms with Crippen LogP contribution in [0.25, 0.3) is 0 Å². The molecule has 0 aliphatic heterocycles. The minimum Gasteiger partial charge on any atom is -0.672 e. The standard InChI is InChI=1S/Hg.O3Si/c;1-4(2)3/q+2;-2. The average molecular weight is 277 g/mol. The van der Waals surface area contributed by atoms with Crippen molar-refractivity contribution in [3.8, 4) is 0 Å². The maximum Gasteiger partial charge on any atom is 2.00 e. The molecule has 0 saturated carbocycles. The third kappa shape index (κ3) is 97.3. The van der Waals surface area contributed by atoms with Crippen molar-refractivity contribution in [1.82, 2.24) is 0 Å². The van der Waals surface area contributed by atoms with E-state index in [-0.39, 0.29) is 27.7 Å². The van der Waals surface area contributed by atoms with Gasteiger partial charge in [0.25, 0.3) is 0 Å². The maximum atomic E-state index is 8.52. The molecular formula is HgO3Si. The zero-order chi connectivity index (χ0) is 3.58. The van der Waals surface area contributed by atoms with Gasteiger partial charge < -0.3 is 14.1 Å². The van der Waals surface area contributed by atoms with Crippen LogP contribution in [0.15, 0.2) is 0 Å². The fourth-order valence-corrected chi connectivity index (χ4v) is 0. The summed E-state index contributed by atoms with van der Waals surface area (Å²) in [5.41, 5.74) is 0. The number of hydrogen-bond donors (Lipinski definition) is 0. The Hall–Kier alpha value is 0.552. The van der Waals surface area contributed by atoms with Gasteiger partial charge >= 0.3 is 27.7 Å². The normalized spacial score (nSPS) is 4.80. The second-order valence-corrected chi connectivity index (χ2v) is 0.750. The topological polar surface area (TPSA) is 63.2 Å². The summed E-state index contributed by atoms with van der Waals surface area (Å²) >= 11 is 0. The van der Waals surface area contributed by atoms with Crippen molar-refractivity contribution < 1.29 is 41.7 Å². The van der Waals surface area contributed by atoms with E-state index < -0.39 is 9.17 Å². The Morgan fingerprint density at radius 2 is 1.40 bits per heavy atom. The molecule has 0 heterocycles. The maximum absolute atomic E-state index is 8.52. The first kappa shape index (κ1) is 9.12. The van der Waals surface area contributed by atoms with Gasteiger partial charge in [-0.2, -0.15) is 0 Å². The van der Waals surface area contributed by atoms with Crippen LogP contribution in [0.5, 0.6) is 0 Å². The molecule has 0 aromatic carbocycles. The Morgan fingerprint density at radius 3 is 1.40 bits per heavy atom. The molecule has 0 unspecified atom stereocenters. The first-order valence-corrected chi connectivity index (χ1v) is 1.84. The fourth-order valence-electron chi connectivity index (χ4n) is 0. The van der Waals surface area contributed by atoms with Crippen molar-refractivity contribution in [3.63, 3.8) is 0 Å². The molecule has 0 fully saturated rings. The van der Waals surface area contributed by atoms with E-state index in [9.17, 15) is 0 Å². The summed E-state index contributed by atoms with van der Waals surface area (Å²) < 4.78 is 8.52. The summed E-state index contributed by atoms with van der Waals surface area (Å²) in [6, 6.07) is 0. The van der Waals surface area contributed by atoms with E-state index in [0.29, 0.717) is 0 Å². The molecule has 0 aromatic rings. The van der Waals surface area contributed by atoms with Gasteiger partial charge in [0.05, 0.1) is 0 Å². The van der Waals surface area contributed by atoms with Crippen molar-refractivity contribution >= 4 is 9.17 Å². The molecule has 0 spiro atoms. The van der Waals surface area contributed by atoms with Crippen molar-refractivity contribution in [1.29, 1.82) is 0 Å². The number of rotatable bonds is 0. The van der Waals surface area contributed by atoms with E-state index in [2.05, 4.69) is 0 Å². The van der Waals surface area contributed by atoms with Gasteiger partial charge in [-0.05, 0) is 0 Å². The molecule has 5 heavy (non-hydrogen) atoms. The third-order valence-corrected chi connectivity index (χ3v) is 0. The van der Waals surface area contributed by atoms with Gasteiger partial charge in [-0.1, -0.05) is 0 Å². The Kier molecular flexibility index (Phi) is 8.30. The molecule has 3 nitrogen and oxygen atoms in total. The molecule has 0 aliphatic rings. The SMILES string of the molecule is O=[Si]([O-])[O-].[Hg+2]. The summed E-state index contributed by atoms with van der Waals surface area (Å²) in [5.74, 6) is 0. The van der Waals surface area contributed by atoms with Crippen LogP contribution in [-0.4, -0.2) is 9.17 Å². The van der Waals surface area contributed by atoms with Crippen molar-refractivity contribution in [2.24, 2.45) is 0 Å². The van der Waals surface area contributed by atoms with Crippen LogP contribution in [0.2, 0.25) is 0 Å². The third-order valence-electron chi connectivity index (χ3n) is 0. The van der Waals surface area contributed by atoms with E-state index in [1.165, 1.54) is 0 Å². The molecule has 0 aliphatic carbocycles. The predicted molar refractivity (Wildman–Crippen MR) is 6.44 cm³/mol. The summed E-state index contributed by atoms with van der Waals surface area (Å²) in [4.78, 5) is 17.0. The van der Waals surface area contributed by atoms with Crippen LogP contribution in [-0.2, 0) is 32.1 Å². The van der Waals surface area contributed by atoms with Crippen LogP contribution in [0.3, 0.4) is 0 Å². The Bertz CT molecular complexity index is 29.9. The Labute approximate surface area is 51.0 Å². The van der Waals surface area contributed by atoms with E-state index in [1.54, 1.807) is 0 Å². The first-order valence-electron chi connectivity index (χ1n) is 0.612. The Morgan fingerprint density at radius 1 is 1.40 bits per heavy atom. The predicted octanol–water partition coefficient (Wildman–Crippen LogP) is -2.88. The molecule has 24 valence electrons. The van der Waals surface area contributed by atoms with Crippen LogP contribution in [0.1, 0.15) is 0 Å². The van der Waals surface area contributed by atoms with E-state index in [4.69, 9.17) is 14.1 Å². The average Bonchev–Trinajstić information content (AvgIpc) is 0.811. The largest absolute Gasteiger partial charge is 2.00 e. The van der Waals surface area contributed by atoms with Gasteiger partial charge in [0.1, 0.15) is 0 Å². The molecule has 0 N–H and O–H groups in total. The molecule has 5 heteroatoms. The second kappa shape index (κ2) is 4.55. The van der Waals surface area contributed by atoms with E-state index >= 15 is 0 Å². The summed E-state index contributed by atoms with van der Waals surface area (Å²) in [6.07, 6.45) is 0. The minimum atomic E-state index is -3.63. The van der Waals surface area contributed by atoms with Gasteiger partial charge in [0, 0.05) is 9.17 Å². The van der Waals surface area contributed by atoms with Crippen LogP contribution in [0.4, 0.5) is 0 Å². The summed E-state index contributed by atoms with van der Waals surface area (Å²) in [6.45, 7) is 0. The minimum absolute atomic E-state index is 0. The molecule has 0 rings (SSSR count). The number of hydrogen-bond acceptors (Lipinski definition) is 3. The zero-order valence-electron chi connectivity index (χ0n) is 2.43. The Balaban J connectivity index is 0. The van der Waals surface area contributed by atoms with Crippen LogP contribution < -0.4 is 9.59 Å². The summed E-state index contributed by atoms with van der Waals surface area (Å²) in [5, 5.41) is 0. The fraction of sp³-hybridized carbons (Fsp3) is 0. The van der Waals surface area contributed by atoms with Crippen LogP contribution >= 0.6 is 0 Å². The van der Waals surface area contributed by atoms with Gasteiger partial charge in [-0.3, -0.25) is 0 Å². The second-order valence-electron chi connectivity index (χ2n) is 0.250. The molecule has 0 amide bonds. The smallest absolute Gasteiger partial charge is 0.672 e. The molecule has 0 saturated heterocycles. The van der Waals surface area contributed by atoms with E-state index in [0.717, 1.165) is 0 Å². The molecule has 0 bridgehead atoms. The van der Waals surface area contributed by atoms with Crippen molar-refractivity contribution in [3.05, 3.63) is 0 Å². The summed E-state index contributed by atoms with van der Waals surface area (Å²) in [7, 11) is -3.63. The van der Waals surface area contributed by atoms with Gasteiger partial charge in [-0.15, -0.1) is 0 Å². The van der Waals surface area contributed by atoms with Gasteiger partial charge in [0.15, 0.2) is 0 Å². The first-order chi connectivity index (χ1) is 1.73. The van der Waals surface area contributed by atoms with Crippen molar-refractivity contribution in [2.75, 3.05) is 0 Å². The molecule has 0 aromatic heterocycles.